The first-order chi connectivity index (χ1) is 18.3. The number of nitrogens with one attached hydrogen (secondary N) is 1. The number of thioether (sulfide) groups is 1. The molecular weight excluding hydrogens is 520 g/mol. The number of rotatable bonds is 7. The van der Waals surface area contributed by atoms with Crippen molar-refractivity contribution < 1.29 is 13.2 Å². The summed E-state index contributed by atoms with van der Waals surface area (Å²) < 4.78 is 28.5. The van der Waals surface area contributed by atoms with Gasteiger partial charge in [0.25, 0.3) is 5.56 Å². The minimum atomic E-state index is -3.51. The van der Waals surface area contributed by atoms with Gasteiger partial charge in [-0.25, -0.2) is 13.4 Å². The van der Waals surface area contributed by atoms with E-state index in [1.165, 1.54) is 28.2 Å². The first kappa shape index (κ1) is 26.1. The van der Waals surface area contributed by atoms with E-state index in [0.717, 1.165) is 29.7 Å². The van der Waals surface area contributed by atoms with Crippen molar-refractivity contribution in [2.75, 3.05) is 24.2 Å². The number of aryl methyl sites for hydroxylation is 1. The molecule has 1 fully saturated rings. The molecule has 0 radical (unpaired) electrons. The number of hydrogen-bond donors (Lipinski definition) is 1. The maximum Gasteiger partial charge on any atom is 0.266 e. The molecule has 1 N–H and O–H groups in total. The van der Waals surface area contributed by atoms with Gasteiger partial charge in [-0.05, 0) is 80.3 Å². The second-order valence-corrected chi connectivity index (χ2v) is 12.1. The Labute approximate surface area is 225 Å². The van der Waals surface area contributed by atoms with E-state index in [-0.39, 0.29) is 22.1 Å². The van der Waals surface area contributed by atoms with E-state index in [1.54, 1.807) is 34.9 Å². The fourth-order valence-corrected chi connectivity index (χ4v) is 6.84. The summed E-state index contributed by atoms with van der Waals surface area (Å²) in [6.07, 6.45) is 1.74. The van der Waals surface area contributed by atoms with E-state index in [1.807, 2.05) is 38.1 Å². The average Bonchev–Trinajstić information content (AvgIpc) is 3.46. The second-order valence-electron chi connectivity index (χ2n) is 9.24. The predicted octanol–water partition coefficient (Wildman–Crippen LogP) is 4.52. The van der Waals surface area contributed by atoms with Crippen LogP contribution in [-0.4, -0.2) is 47.0 Å². The zero-order chi connectivity index (χ0) is 26.9. The van der Waals surface area contributed by atoms with E-state index in [4.69, 9.17) is 4.98 Å². The van der Waals surface area contributed by atoms with Crippen LogP contribution in [0.3, 0.4) is 0 Å². The minimum absolute atomic E-state index is 0.0173. The summed E-state index contributed by atoms with van der Waals surface area (Å²) in [4.78, 5) is 31.3. The molecular formula is C28H28N4O4S2. The summed E-state index contributed by atoms with van der Waals surface area (Å²) in [7, 11) is -3.51. The monoisotopic (exact) mass is 548 g/mol. The Morgan fingerprint density at radius 1 is 0.974 bits per heavy atom. The van der Waals surface area contributed by atoms with E-state index in [2.05, 4.69) is 5.32 Å². The van der Waals surface area contributed by atoms with Crippen molar-refractivity contribution in [3.63, 3.8) is 0 Å². The average molecular weight is 549 g/mol. The summed E-state index contributed by atoms with van der Waals surface area (Å²) in [5.41, 5.74) is 3.60. The topological polar surface area (TPSA) is 101 Å². The highest BCUT2D eigenvalue weighted by Crippen LogP contribution is 2.25. The van der Waals surface area contributed by atoms with Crippen LogP contribution in [0.2, 0.25) is 0 Å². The molecule has 0 aliphatic carbocycles. The molecule has 8 nitrogen and oxygen atoms in total. The summed E-state index contributed by atoms with van der Waals surface area (Å²) in [5.74, 6) is -0.274. The Hall–Kier alpha value is -3.47. The highest BCUT2D eigenvalue weighted by molar-refractivity contribution is 7.99. The lowest BCUT2D eigenvalue weighted by Crippen LogP contribution is -2.27. The fourth-order valence-electron chi connectivity index (χ4n) is 4.51. The van der Waals surface area contributed by atoms with Crippen molar-refractivity contribution in [3.8, 4) is 5.69 Å². The van der Waals surface area contributed by atoms with Crippen LogP contribution in [0.5, 0.6) is 0 Å². The molecule has 0 atom stereocenters. The SMILES string of the molecule is Cc1cccc(-n2c(SCC(=O)Nc3ccc(S(=O)(=O)N4CCCC4)cc3)nc3ccccc3c2=O)c1C. The van der Waals surface area contributed by atoms with Crippen molar-refractivity contribution in [2.24, 2.45) is 0 Å². The quantitative estimate of drug-likeness (QED) is 0.269. The number of amides is 1. The molecule has 38 heavy (non-hydrogen) atoms. The molecule has 2 heterocycles. The van der Waals surface area contributed by atoms with E-state index in [9.17, 15) is 18.0 Å². The highest BCUT2D eigenvalue weighted by Gasteiger charge is 2.27. The number of sulfonamides is 1. The van der Waals surface area contributed by atoms with Gasteiger partial charge in [0, 0.05) is 18.8 Å². The van der Waals surface area contributed by atoms with Crippen LogP contribution in [0.1, 0.15) is 24.0 Å². The number of benzene rings is 3. The van der Waals surface area contributed by atoms with E-state index >= 15 is 0 Å². The molecule has 3 aromatic carbocycles. The van der Waals surface area contributed by atoms with Crippen LogP contribution >= 0.6 is 11.8 Å². The number of fused-ring (bicyclic) bond motifs is 1. The second kappa shape index (κ2) is 10.7. The molecule has 0 spiro atoms. The third kappa shape index (κ3) is 5.11. The number of nitrogens with zero attached hydrogens (tertiary/aromatic N) is 3. The highest BCUT2D eigenvalue weighted by atomic mass is 32.2. The smallest absolute Gasteiger partial charge is 0.266 e. The molecule has 1 amide bonds. The van der Waals surface area contributed by atoms with Gasteiger partial charge in [-0.15, -0.1) is 0 Å². The van der Waals surface area contributed by atoms with E-state index < -0.39 is 10.0 Å². The number of para-hydroxylation sites is 1. The lowest BCUT2D eigenvalue weighted by Gasteiger charge is -2.16. The molecule has 0 bridgehead atoms. The van der Waals surface area contributed by atoms with Gasteiger partial charge in [-0.1, -0.05) is 36.0 Å². The van der Waals surface area contributed by atoms with Gasteiger partial charge in [0.2, 0.25) is 15.9 Å². The fraction of sp³-hybridized carbons (Fsp3) is 0.250. The van der Waals surface area contributed by atoms with Crippen LogP contribution in [-0.2, 0) is 14.8 Å². The maximum absolute atomic E-state index is 13.5. The first-order valence-corrected chi connectivity index (χ1v) is 14.8. The summed E-state index contributed by atoms with van der Waals surface area (Å²) in [6, 6.07) is 19.1. The molecule has 1 aliphatic rings. The molecule has 0 saturated carbocycles. The number of carbonyl (C=O) groups is 1. The Morgan fingerprint density at radius 2 is 1.68 bits per heavy atom. The van der Waals surface area contributed by atoms with E-state index in [0.29, 0.717) is 34.8 Å². The van der Waals surface area contributed by atoms with Gasteiger partial charge in [-0.2, -0.15) is 4.31 Å². The first-order valence-electron chi connectivity index (χ1n) is 12.4. The third-order valence-electron chi connectivity index (χ3n) is 6.74. The van der Waals surface area contributed by atoms with Crippen LogP contribution in [0.25, 0.3) is 16.6 Å². The van der Waals surface area contributed by atoms with Crippen LogP contribution in [0, 0.1) is 13.8 Å². The summed E-state index contributed by atoms with van der Waals surface area (Å²) >= 11 is 1.17. The lowest BCUT2D eigenvalue weighted by molar-refractivity contribution is -0.113. The molecule has 4 aromatic rings. The van der Waals surface area contributed by atoms with Gasteiger partial charge >= 0.3 is 0 Å². The minimum Gasteiger partial charge on any atom is -0.325 e. The maximum atomic E-state index is 13.5. The molecule has 0 unspecified atom stereocenters. The molecule has 5 rings (SSSR count). The largest absolute Gasteiger partial charge is 0.325 e. The Morgan fingerprint density at radius 3 is 2.42 bits per heavy atom. The molecule has 1 aromatic heterocycles. The van der Waals surface area contributed by atoms with Crippen molar-refractivity contribution in [2.45, 2.75) is 36.7 Å². The van der Waals surface area contributed by atoms with Crippen molar-refractivity contribution >= 4 is 44.3 Å². The van der Waals surface area contributed by atoms with Crippen LogP contribution in [0.15, 0.2) is 81.6 Å². The van der Waals surface area contributed by atoms with Crippen molar-refractivity contribution in [3.05, 3.63) is 88.2 Å². The molecule has 1 saturated heterocycles. The number of anilines is 1. The number of hydrogen-bond acceptors (Lipinski definition) is 6. The molecule has 196 valence electrons. The normalized spacial score (nSPS) is 14.2. The Balaban J connectivity index is 1.37. The molecule has 1 aliphatic heterocycles. The van der Waals surface area contributed by atoms with Crippen molar-refractivity contribution in [1.29, 1.82) is 0 Å². The van der Waals surface area contributed by atoms with Crippen LogP contribution in [0.4, 0.5) is 5.69 Å². The van der Waals surface area contributed by atoms with Crippen molar-refractivity contribution in [1.82, 2.24) is 13.9 Å². The van der Waals surface area contributed by atoms with Gasteiger partial charge in [0.15, 0.2) is 5.16 Å². The van der Waals surface area contributed by atoms with Crippen LogP contribution < -0.4 is 10.9 Å². The number of carbonyl (C=O) groups excluding carboxylic acids is 1. The zero-order valence-electron chi connectivity index (χ0n) is 21.2. The standard InChI is InChI=1S/C28H28N4O4S2/c1-19-8-7-11-25(20(19)2)32-27(34)23-9-3-4-10-24(23)30-28(32)37-18-26(33)29-21-12-14-22(15-13-21)38(35,36)31-16-5-6-17-31/h3-4,7-15H,5-6,16-18H2,1-2H3,(H,29,33). The summed E-state index contributed by atoms with van der Waals surface area (Å²) in [5, 5.41) is 3.74. The van der Waals surface area contributed by atoms with Gasteiger partial charge in [-0.3, -0.25) is 14.2 Å². The Kier molecular flexibility index (Phi) is 7.38. The predicted molar refractivity (Wildman–Crippen MR) is 151 cm³/mol. The zero-order valence-corrected chi connectivity index (χ0v) is 22.8. The molecule has 10 heteroatoms. The van der Waals surface area contributed by atoms with Gasteiger partial charge < -0.3 is 5.32 Å². The summed E-state index contributed by atoms with van der Waals surface area (Å²) in [6.45, 7) is 5.02. The lowest BCUT2D eigenvalue weighted by atomic mass is 10.1. The van der Waals surface area contributed by atoms with Gasteiger partial charge in [0.05, 0.1) is 27.2 Å². The van der Waals surface area contributed by atoms with Gasteiger partial charge in [0.1, 0.15) is 0 Å². The number of aromatic nitrogens is 2. The third-order valence-corrected chi connectivity index (χ3v) is 9.59. The Bertz CT molecular complexity index is 1680.